The predicted molar refractivity (Wildman–Crippen MR) is 230 cm³/mol. The highest BCUT2D eigenvalue weighted by Crippen LogP contribution is 2.34. The molecule has 4 unspecified atom stereocenters. The van der Waals surface area contributed by atoms with E-state index in [1.807, 2.05) is 55.4 Å². The molecule has 0 amide bonds. The topological polar surface area (TPSA) is 90.9 Å². The van der Waals surface area contributed by atoms with Gasteiger partial charge in [0, 0.05) is 19.6 Å². The molecule has 1 fully saturated rings. The van der Waals surface area contributed by atoms with Gasteiger partial charge in [0.2, 0.25) is 0 Å². The van der Waals surface area contributed by atoms with Crippen LogP contribution in [0.5, 0.6) is 0 Å². The number of hydrogen-bond acceptors (Lipinski definition) is 9. The molecule has 9 heteroatoms. The number of carbonyl (C=O) groups is 1. The van der Waals surface area contributed by atoms with Crippen molar-refractivity contribution >= 4 is 5.97 Å². The van der Waals surface area contributed by atoms with Crippen molar-refractivity contribution in [3.63, 3.8) is 0 Å². The van der Waals surface area contributed by atoms with Gasteiger partial charge in [-0.1, -0.05) is 70.4 Å². The lowest BCUT2D eigenvalue weighted by atomic mass is 9.95. The van der Waals surface area contributed by atoms with E-state index in [1.165, 1.54) is 64.2 Å². The standard InChI is InChI=1S/C47H90O9/c1-14-15-16-17-18-19-20-21-22-23-24-25-26-27-28-29-42(48)52-34-40-43(55-46(10,11)31-33-50-38(4)5)44(56-47(12,13)36-53-39(6)7)41(35-51-40)54-45(8,9)30-32-49-37(2)3/h20-21,37-41,43-44H,14-19,22-36H2,1-13H3/b21-20-. The van der Waals surface area contributed by atoms with Crippen LogP contribution in [0.2, 0.25) is 0 Å². The zero-order valence-corrected chi connectivity index (χ0v) is 38.7. The third-order valence-corrected chi connectivity index (χ3v) is 10.0. The Bertz CT molecular complexity index is 1010. The smallest absolute Gasteiger partial charge is 0.305 e. The molecule has 0 aromatic heterocycles. The van der Waals surface area contributed by atoms with Crippen LogP contribution >= 0.6 is 0 Å². The maximum absolute atomic E-state index is 13.0. The van der Waals surface area contributed by atoms with Gasteiger partial charge in [-0.25, -0.2) is 0 Å². The number of rotatable bonds is 34. The first-order chi connectivity index (χ1) is 26.4. The molecule has 0 aromatic rings. The summed E-state index contributed by atoms with van der Waals surface area (Å²) in [6.45, 7) is 28.7. The molecule has 1 heterocycles. The fourth-order valence-electron chi connectivity index (χ4n) is 6.70. The second kappa shape index (κ2) is 29.2. The van der Waals surface area contributed by atoms with Crippen molar-refractivity contribution in [2.75, 3.05) is 33.0 Å². The number of esters is 1. The fourth-order valence-corrected chi connectivity index (χ4v) is 6.70. The summed E-state index contributed by atoms with van der Waals surface area (Å²) in [6, 6.07) is 0. The van der Waals surface area contributed by atoms with Crippen LogP contribution in [0.25, 0.3) is 0 Å². The molecule has 1 rings (SSSR count). The van der Waals surface area contributed by atoms with Crippen molar-refractivity contribution in [2.45, 2.75) is 252 Å². The summed E-state index contributed by atoms with van der Waals surface area (Å²) >= 11 is 0. The Hall–Kier alpha value is -1.07. The summed E-state index contributed by atoms with van der Waals surface area (Å²) < 4.78 is 51.0. The van der Waals surface area contributed by atoms with E-state index in [0.29, 0.717) is 39.1 Å². The largest absolute Gasteiger partial charge is 0.463 e. The monoisotopic (exact) mass is 799 g/mol. The first-order valence-electron chi connectivity index (χ1n) is 22.7. The Balaban J connectivity index is 2.92. The fraction of sp³-hybridized carbons (Fsp3) is 0.936. The van der Waals surface area contributed by atoms with Crippen LogP contribution in [0.15, 0.2) is 12.2 Å². The molecule has 332 valence electrons. The molecule has 0 saturated carbocycles. The van der Waals surface area contributed by atoms with Crippen molar-refractivity contribution in [2.24, 2.45) is 0 Å². The van der Waals surface area contributed by atoms with Crippen LogP contribution in [0.1, 0.15) is 193 Å². The molecule has 1 saturated heterocycles. The summed E-state index contributed by atoms with van der Waals surface area (Å²) in [5.74, 6) is -0.204. The molecular weight excluding hydrogens is 709 g/mol. The van der Waals surface area contributed by atoms with E-state index in [0.717, 1.165) is 19.3 Å². The third kappa shape index (κ3) is 26.8. The Morgan fingerprint density at radius 3 is 1.64 bits per heavy atom. The van der Waals surface area contributed by atoms with Gasteiger partial charge in [-0.05, 0) is 128 Å². The Kier molecular flexibility index (Phi) is 27.6. The number of hydrogen-bond donors (Lipinski definition) is 0. The second-order valence-electron chi connectivity index (χ2n) is 18.7. The van der Waals surface area contributed by atoms with Crippen LogP contribution < -0.4 is 0 Å². The maximum Gasteiger partial charge on any atom is 0.305 e. The number of unbranched alkanes of at least 4 members (excludes halogenated alkanes) is 11. The predicted octanol–water partition coefficient (Wildman–Crippen LogP) is 11.5. The van der Waals surface area contributed by atoms with Gasteiger partial charge in [-0.15, -0.1) is 0 Å². The molecule has 1 aliphatic rings. The van der Waals surface area contributed by atoms with E-state index in [2.05, 4.69) is 46.8 Å². The summed E-state index contributed by atoms with van der Waals surface area (Å²) in [4.78, 5) is 13.0. The van der Waals surface area contributed by atoms with Gasteiger partial charge in [-0.2, -0.15) is 0 Å². The van der Waals surface area contributed by atoms with Crippen LogP contribution in [-0.2, 0) is 42.7 Å². The molecule has 0 aromatic carbocycles. The van der Waals surface area contributed by atoms with Gasteiger partial charge in [0.15, 0.2) is 0 Å². The van der Waals surface area contributed by atoms with E-state index in [-0.39, 0.29) is 37.5 Å². The molecule has 0 radical (unpaired) electrons. The minimum absolute atomic E-state index is 0.0561. The SMILES string of the molecule is CCCCCCC/C=C\CCCCCCCCC(=O)OCC1OCC(OC(C)(C)CCOC(C)C)C(OC(C)(C)COC(C)C)C1OC(C)(C)CCOC(C)C. The van der Waals surface area contributed by atoms with Crippen LogP contribution in [-0.4, -0.2) is 98.5 Å². The Morgan fingerprint density at radius 1 is 0.625 bits per heavy atom. The average Bonchev–Trinajstić information content (AvgIpc) is 3.09. The normalized spacial score (nSPS) is 19.9. The summed E-state index contributed by atoms with van der Waals surface area (Å²) in [7, 11) is 0. The minimum Gasteiger partial charge on any atom is -0.463 e. The number of ether oxygens (including phenoxy) is 8. The summed E-state index contributed by atoms with van der Waals surface area (Å²) in [5, 5.41) is 0. The Labute approximate surface area is 345 Å². The molecule has 4 atom stereocenters. The van der Waals surface area contributed by atoms with Crippen LogP contribution in [0, 0.1) is 0 Å². The van der Waals surface area contributed by atoms with Crippen LogP contribution in [0.3, 0.4) is 0 Å². The molecule has 56 heavy (non-hydrogen) atoms. The molecular formula is C47H90O9. The van der Waals surface area contributed by atoms with Crippen molar-refractivity contribution < 1.29 is 42.7 Å². The summed E-state index contributed by atoms with van der Waals surface area (Å²) in [5.41, 5.74) is -1.76. The minimum atomic E-state index is -0.656. The number of carbonyl (C=O) groups excluding carboxylic acids is 1. The van der Waals surface area contributed by atoms with Gasteiger partial charge < -0.3 is 37.9 Å². The lowest BCUT2D eigenvalue weighted by Gasteiger charge is -2.48. The van der Waals surface area contributed by atoms with E-state index >= 15 is 0 Å². The molecule has 0 spiro atoms. The van der Waals surface area contributed by atoms with Gasteiger partial charge in [0.1, 0.15) is 31.0 Å². The van der Waals surface area contributed by atoms with Crippen LogP contribution in [0.4, 0.5) is 0 Å². The van der Waals surface area contributed by atoms with Crippen molar-refractivity contribution in [1.82, 2.24) is 0 Å². The van der Waals surface area contributed by atoms with Gasteiger partial charge in [-0.3, -0.25) is 4.79 Å². The quantitative estimate of drug-likeness (QED) is 0.0358. The molecule has 9 nitrogen and oxygen atoms in total. The van der Waals surface area contributed by atoms with E-state index in [4.69, 9.17) is 37.9 Å². The van der Waals surface area contributed by atoms with Gasteiger partial charge in [0.25, 0.3) is 0 Å². The van der Waals surface area contributed by atoms with Crippen molar-refractivity contribution in [3.05, 3.63) is 12.2 Å². The first kappa shape index (κ1) is 52.9. The third-order valence-electron chi connectivity index (χ3n) is 10.0. The highest BCUT2D eigenvalue weighted by molar-refractivity contribution is 5.69. The molecule has 0 aliphatic carbocycles. The average molecular weight is 799 g/mol. The van der Waals surface area contributed by atoms with E-state index in [9.17, 15) is 4.79 Å². The first-order valence-corrected chi connectivity index (χ1v) is 22.7. The maximum atomic E-state index is 13.0. The lowest BCUT2D eigenvalue weighted by Crippen LogP contribution is -2.62. The molecule has 1 aliphatic heterocycles. The van der Waals surface area contributed by atoms with Crippen molar-refractivity contribution in [3.8, 4) is 0 Å². The Morgan fingerprint density at radius 2 is 1.11 bits per heavy atom. The van der Waals surface area contributed by atoms with Gasteiger partial charge >= 0.3 is 5.97 Å². The second-order valence-corrected chi connectivity index (χ2v) is 18.7. The lowest BCUT2D eigenvalue weighted by molar-refractivity contribution is -0.295. The summed E-state index contributed by atoms with van der Waals surface area (Å²) in [6.07, 6.45) is 20.5. The van der Waals surface area contributed by atoms with E-state index in [1.54, 1.807) is 0 Å². The zero-order valence-electron chi connectivity index (χ0n) is 38.7. The highest BCUT2D eigenvalue weighted by atomic mass is 16.6. The van der Waals surface area contributed by atoms with Gasteiger partial charge in [0.05, 0.1) is 48.3 Å². The molecule has 0 bridgehead atoms. The zero-order chi connectivity index (χ0) is 42.0. The molecule has 0 N–H and O–H groups in total. The number of allylic oxidation sites excluding steroid dienone is 2. The highest BCUT2D eigenvalue weighted by Gasteiger charge is 2.49. The van der Waals surface area contributed by atoms with E-state index < -0.39 is 41.2 Å². The van der Waals surface area contributed by atoms with Crippen molar-refractivity contribution in [1.29, 1.82) is 0 Å².